The molecule has 3 aromatic rings. The van der Waals surface area contributed by atoms with Crippen LogP contribution in [-0.4, -0.2) is 17.0 Å². The van der Waals surface area contributed by atoms with E-state index in [1.807, 2.05) is 42.6 Å². The first-order valence-electron chi connectivity index (χ1n) is 7.89. The first-order chi connectivity index (χ1) is 12.2. The molecule has 0 aliphatic rings. The van der Waals surface area contributed by atoms with Crippen LogP contribution in [0.2, 0.25) is 0 Å². The molecule has 4 nitrogen and oxygen atoms in total. The van der Waals surface area contributed by atoms with Gasteiger partial charge in [0.15, 0.2) is 11.2 Å². The summed E-state index contributed by atoms with van der Waals surface area (Å²) in [7, 11) is 0. The summed E-state index contributed by atoms with van der Waals surface area (Å²) in [6.45, 7) is 1.89. The zero-order valence-electron chi connectivity index (χ0n) is 13.6. The van der Waals surface area contributed by atoms with Crippen LogP contribution < -0.4 is 10.1 Å². The van der Waals surface area contributed by atoms with Crippen molar-refractivity contribution in [3.05, 3.63) is 65.8 Å². The van der Waals surface area contributed by atoms with Crippen molar-refractivity contribution < 1.29 is 13.9 Å². The van der Waals surface area contributed by atoms with Crippen molar-refractivity contribution in [2.45, 2.75) is 19.4 Å². The molecule has 2 aromatic carbocycles. The fourth-order valence-electron chi connectivity index (χ4n) is 2.26. The molecule has 0 bridgehead atoms. The van der Waals surface area contributed by atoms with Crippen molar-refractivity contribution >= 4 is 22.4 Å². The van der Waals surface area contributed by atoms with Crippen LogP contribution in [0.3, 0.4) is 0 Å². The van der Waals surface area contributed by atoms with Gasteiger partial charge in [-0.3, -0.25) is 10.1 Å². The molecule has 128 valence electrons. The lowest BCUT2D eigenvalue weighted by Gasteiger charge is -2.16. The highest BCUT2D eigenvalue weighted by molar-refractivity contribution is 7.14. The SMILES string of the molecule is CC[C@H](Oc1ccccc1)C(=O)Nc1nc(-c2ccc(F)cc2)cs1. The van der Waals surface area contributed by atoms with Crippen LogP contribution in [0.15, 0.2) is 60.0 Å². The van der Waals surface area contributed by atoms with Crippen molar-refractivity contribution in [2.24, 2.45) is 0 Å². The average Bonchev–Trinajstić information content (AvgIpc) is 3.09. The molecule has 0 spiro atoms. The summed E-state index contributed by atoms with van der Waals surface area (Å²) in [5.41, 5.74) is 1.49. The molecule has 0 saturated heterocycles. The molecule has 1 N–H and O–H groups in total. The predicted octanol–water partition coefficient (Wildman–Crippen LogP) is 4.75. The molecule has 1 atom stereocenters. The smallest absolute Gasteiger partial charge is 0.267 e. The summed E-state index contributed by atoms with van der Waals surface area (Å²) in [5, 5.41) is 5.09. The molecule has 0 unspecified atom stereocenters. The topological polar surface area (TPSA) is 51.2 Å². The Kier molecular flexibility index (Phi) is 5.40. The van der Waals surface area contributed by atoms with Crippen LogP contribution in [0.1, 0.15) is 13.3 Å². The van der Waals surface area contributed by atoms with E-state index in [9.17, 15) is 9.18 Å². The summed E-state index contributed by atoms with van der Waals surface area (Å²) < 4.78 is 18.7. The van der Waals surface area contributed by atoms with Gasteiger partial charge in [-0.2, -0.15) is 0 Å². The van der Waals surface area contributed by atoms with Gasteiger partial charge in [-0.15, -0.1) is 11.3 Å². The monoisotopic (exact) mass is 356 g/mol. The van der Waals surface area contributed by atoms with Gasteiger partial charge in [0.1, 0.15) is 11.6 Å². The molecule has 3 rings (SSSR count). The summed E-state index contributed by atoms with van der Waals surface area (Å²) >= 11 is 1.32. The average molecular weight is 356 g/mol. The minimum Gasteiger partial charge on any atom is -0.481 e. The normalized spacial score (nSPS) is 11.8. The number of benzene rings is 2. The van der Waals surface area contributed by atoms with Crippen molar-refractivity contribution in [1.82, 2.24) is 4.98 Å². The van der Waals surface area contributed by atoms with Crippen LogP contribution in [-0.2, 0) is 4.79 Å². The van der Waals surface area contributed by atoms with E-state index >= 15 is 0 Å². The standard InChI is InChI=1S/C19H17FN2O2S/c1-2-17(24-15-6-4-3-5-7-15)18(23)22-19-21-16(12-25-19)13-8-10-14(20)11-9-13/h3-12,17H,2H2,1H3,(H,21,22,23)/t17-/m0/s1. The minimum atomic E-state index is -0.597. The molecule has 0 aliphatic heterocycles. The number of hydrogen-bond donors (Lipinski definition) is 1. The number of nitrogens with zero attached hydrogens (tertiary/aromatic N) is 1. The van der Waals surface area contributed by atoms with Gasteiger partial charge >= 0.3 is 0 Å². The van der Waals surface area contributed by atoms with Crippen LogP contribution in [0.5, 0.6) is 5.75 Å². The number of ether oxygens (including phenoxy) is 1. The third-order valence-corrected chi connectivity index (χ3v) is 4.32. The number of anilines is 1. The summed E-state index contributed by atoms with van der Waals surface area (Å²) in [6.07, 6.45) is -0.0581. The van der Waals surface area contributed by atoms with Crippen molar-refractivity contribution in [2.75, 3.05) is 5.32 Å². The molecule has 1 aromatic heterocycles. The molecule has 0 aliphatic carbocycles. The predicted molar refractivity (Wildman–Crippen MR) is 97.3 cm³/mol. The number of nitrogens with one attached hydrogen (secondary N) is 1. The van der Waals surface area contributed by atoms with Gasteiger partial charge in [-0.1, -0.05) is 25.1 Å². The van der Waals surface area contributed by atoms with Gasteiger partial charge in [0.25, 0.3) is 5.91 Å². The Morgan fingerprint density at radius 1 is 1.20 bits per heavy atom. The highest BCUT2D eigenvalue weighted by Gasteiger charge is 2.19. The number of hydrogen-bond acceptors (Lipinski definition) is 4. The largest absolute Gasteiger partial charge is 0.481 e. The van der Waals surface area contributed by atoms with Gasteiger partial charge in [0.05, 0.1) is 5.69 Å². The van der Waals surface area contributed by atoms with Gasteiger partial charge in [0, 0.05) is 10.9 Å². The van der Waals surface area contributed by atoms with E-state index in [2.05, 4.69) is 10.3 Å². The third-order valence-electron chi connectivity index (χ3n) is 3.56. The second kappa shape index (κ2) is 7.90. The maximum atomic E-state index is 13.0. The second-order valence-corrected chi connectivity index (χ2v) is 6.22. The number of amides is 1. The molecule has 1 amide bonds. The van der Waals surface area contributed by atoms with E-state index < -0.39 is 6.10 Å². The minimum absolute atomic E-state index is 0.244. The fraction of sp³-hybridized carbons (Fsp3) is 0.158. The highest BCUT2D eigenvalue weighted by atomic mass is 32.1. The molecular weight excluding hydrogens is 339 g/mol. The molecular formula is C19H17FN2O2S. The Balaban J connectivity index is 1.67. The lowest BCUT2D eigenvalue weighted by molar-refractivity contribution is -0.122. The number of carbonyl (C=O) groups is 1. The number of para-hydroxylation sites is 1. The fourth-order valence-corrected chi connectivity index (χ4v) is 2.98. The zero-order valence-corrected chi connectivity index (χ0v) is 14.4. The van der Waals surface area contributed by atoms with E-state index in [-0.39, 0.29) is 11.7 Å². The lowest BCUT2D eigenvalue weighted by Crippen LogP contribution is -2.32. The number of rotatable bonds is 6. The van der Waals surface area contributed by atoms with E-state index in [0.29, 0.717) is 23.0 Å². The van der Waals surface area contributed by atoms with E-state index in [1.54, 1.807) is 12.1 Å². The maximum absolute atomic E-state index is 13.0. The molecule has 0 saturated carbocycles. The molecule has 25 heavy (non-hydrogen) atoms. The van der Waals surface area contributed by atoms with Crippen molar-refractivity contribution in [3.8, 4) is 17.0 Å². The van der Waals surface area contributed by atoms with Crippen LogP contribution in [0.25, 0.3) is 11.3 Å². The summed E-state index contributed by atoms with van der Waals surface area (Å²) in [5.74, 6) is 0.110. The highest BCUT2D eigenvalue weighted by Crippen LogP contribution is 2.25. The van der Waals surface area contributed by atoms with Gasteiger partial charge in [-0.05, 0) is 42.8 Å². The quantitative estimate of drug-likeness (QED) is 0.694. The lowest BCUT2D eigenvalue weighted by atomic mass is 10.2. The molecule has 1 heterocycles. The zero-order chi connectivity index (χ0) is 17.6. The summed E-state index contributed by atoms with van der Waals surface area (Å²) in [4.78, 5) is 16.8. The van der Waals surface area contributed by atoms with E-state index in [4.69, 9.17) is 4.74 Å². The molecule has 6 heteroatoms. The first kappa shape index (κ1) is 17.1. The van der Waals surface area contributed by atoms with Crippen LogP contribution in [0, 0.1) is 5.82 Å². The second-order valence-electron chi connectivity index (χ2n) is 5.36. The Bertz CT molecular complexity index is 834. The third kappa shape index (κ3) is 4.42. The van der Waals surface area contributed by atoms with Gasteiger partial charge in [-0.25, -0.2) is 9.37 Å². The number of aromatic nitrogens is 1. The number of thiazole rings is 1. The van der Waals surface area contributed by atoms with Crippen molar-refractivity contribution in [1.29, 1.82) is 0 Å². The Morgan fingerprint density at radius 2 is 1.92 bits per heavy atom. The van der Waals surface area contributed by atoms with Crippen LogP contribution >= 0.6 is 11.3 Å². The van der Waals surface area contributed by atoms with Crippen LogP contribution in [0.4, 0.5) is 9.52 Å². The van der Waals surface area contributed by atoms with Gasteiger partial charge < -0.3 is 4.74 Å². The maximum Gasteiger partial charge on any atom is 0.267 e. The Morgan fingerprint density at radius 3 is 2.60 bits per heavy atom. The van der Waals surface area contributed by atoms with Crippen molar-refractivity contribution in [3.63, 3.8) is 0 Å². The molecule has 0 fully saturated rings. The summed E-state index contributed by atoms with van der Waals surface area (Å²) in [6, 6.07) is 15.3. The van der Waals surface area contributed by atoms with Gasteiger partial charge in [0.2, 0.25) is 0 Å². The Labute approximate surface area is 149 Å². The Hall–Kier alpha value is -2.73. The number of halogens is 1. The van der Waals surface area contributed by atoms with E-state index in [0.717, 1.165) is 5.56 Å². The van der Waals surface area contributed by atoms with E-state index in [1.165, 1.54) is 23.5 Å². The number of carbonyl (C=O) groups excluding carboxylic acids is 1. The molecule has 0 radical (unpaired) electrons. The first-order valence-corrected chi connectivity index (χ1v) is 8.77.